The van der Waals surface area contributed by atoms with Crippen molar-refractivity contribution in [3.8, 4) is 11.5 Å². The summed E-state index contributed by atoms with van der Waals surface area (Å²) in [5.74, 6) is 1.26. The topological polar surface area (TPSA) is 120 Å². The number of aromatic nitrogens is 3. The van der Waals surface area contributed by atoms with Crippen molar-refractivity contribution in [1.29, 1.82) is 0 Å². The number of nitrogens with one attached hydrogen (secondary N) is 1. The minimum Gasteiger partial charge on any atom is -0.490 e. The van der Waals surface area contributed by atoms with Crippen LogP contribution >= 0.6 is 11.8 Å². The van der Waals surface area contributed by atoms with E-state index in [4.69, 9.17) is 14.2 Å². The third-order valence-corrected chi connectivity index (χ3v) is 6.72. The first-order valence-corrected chi connectivity index (χ1v) is 13.2. The molecule has 0 unspecified atom stereocenters. The molecule has 2 aromatic carbocycles. The second-order valence-electron chi connectivity index (χ2n) is 8.33. The Bertz CT molecular complexity index is 1260. The van der Waals surface area contributed by atoms with Gasteiger partial charge in [-0.05, 0) is 48.4 Å². The summed E-state index contributed by atoms with van der Waals surface area (Å²) in [6.07, 6.45) is 3.18. The van der Waals surface area contributed by atoms with Gasteiger partial charge in [-0.15, -0.1) is 10.2 Å². The molecule has 0 atom stereocenters. The zero-order chi connectivity index (χ0) is 26.7. The summed E-state index contributed by atoms with van der Waals surface area (Å²) in [6, 6.07) is 12.6. The van der Waals surface area contributed by atoms with E-state index in [1.807, 2.05) is 30.7 Å². The maximum Gasteiger partial charge on any atom is 0.271 e. The van der Waals surface area contributed by atoms with Gasteiger partial charge in [-0.25, -0.2) is 5.43 Å². The number of carbonyl (C=O) groups excluding carboxylic acids is 2. The van der Waals surface area contributed by atoms with Crippen molar-refractivity contribution in [3.63, 3.8) is 0 Å². The summed E-state index contributed by atoms with van der Waals surface area (Å²) in [7, 11) is 1.89. The fourth-order valence-corrected chi connectivity index (χ4v) is 4.41. The van der Waals surface area contributed by atoms with Crippen molar-refractivity contribution >= 4 is 29.8 Å². The van der Waals surface area contributed by atoms with E-state index in [9.17, 15) is 9.59 Å². The highest BCUT2D eigenvalue weighted by Crippen LogP contribution is 2.28. The van der Waals surface area contributed by atoms with Crippen molar-refractivity contribution in [3.05, 3.63) is 65.5 Å². The Morgan fingerprint density at radius 3 is 2.63 bits per heavy atom. The zero-order valence-corrected chi connectivity index (χ0v) is 22.1. The summed E-state index contributed by atoms with van der Waals surface area (Å²) in [5.41, 5.74) is 4.81. The number of amides is 2. The molecule has 1 aromatic heterocycles. The number of ether oxygens (including phenoxy) is 3. The highest BCUT2D eigenvalue weighted by Gasteiger charge is 2.18. The maximum atomic E-state index is 12.5. The van der Waals surface area contributed by atoms with Crippen LogP contribution in [0.5, 0.6) is 11.5 Å². The number of rotatable bonds is 11. The summed E-state index contributed by atoms with van der Waals surface area (Å²) in [5, 5.41) is 12.8. The van der Waals surface area contributed by atoms with Gasteiger partial charge in [0.25, 0.3) is 11.8 Å². The monoisotopic (exact) mass is 538 g/mol. The number of aryl methyl sites for hydroxylation is 1. The predicted molar refractivity (Wildman–Crippen MR) is 143 cm³/mol. The molecule has 0 radical (unpaired) electrons. The molecular formula is C26H30N6O5S. The number of thioether (sulfide) groups is 1. The van der Waals surface area contributed by atoms with Gasteiger partial charge >= 0.3 is 0 Å². The van der Waals surface area contributed by atoms with Crippen LogP contribution in [0.15, 0.2) is 59.0 Å². The average molecular weight is 539 g/mol. The minimum atomic E-state index is -0.319. The number of carbonyl (C=O) groups is 2. The van der Waals surface area contributed by atoms with Crippen molar-refractivity contribution in [2.75, 3.05) is 39.5 Å². The SMILES string of the molecule is CCOc1cc(C=NNC(=O)c2ccc(CSc3nncn3C)cc2)ccc1OCC(=O)N1CCOCC1. The van der Waals surface area contributed by atoms with Crippen LogP contribution in [0.2, 0.25) is 0 Å². The first-order valence-electron chi connectivity index (χ1n) is 12.2. The number of hydrogen-bond donors (Lipinski definition) is 1. The van der Waals surface area contributed by atoms with Crippen molar-refractivity contribution in [2.24, 2.45) is 12.1 Å². The molecule has 2 amide bonds. The van der Waals surface area contributed by atoms with Crippen LogP contribution in [0, 0.1) is 0 Å². The van der Waals surface area contributed by atoms with E-state index < -0.39 is 0 Å². The molecule has 1 fully saturated rings. The lowest BCUT2D eigenvalue weighted by molar-refractivity contribution is -0.137. The number of hydrogen-bond acceptors (Lipinski definition) is 9. The van der Waals surface area contributed by atoms with Crippen LogP contribution in [0.1, 0.15) is 28.4 Å². The number of benzene rings is 2. The molecule has 0 bridgehead atoms. The van der Waals surface area contributed by atoms with E-state index in [1.165, 1.54) is 6.21 Å². The lowest BCUT2D eigenvalue weighted by atomic mass is 10.1. The van der Waals surface area contributed by atoms with E-state index in [2.05, 4.69) is 20.7 Å². The molecular weight excluding hydrogens is 508 g/mol. The molecule has 3 aromatic rings. The van der Waals surface area contributed by atoms with Gasteiger partial charge in [-0.2, -0.15) is 5.10 Å². The third-order valence-electron chi connectivity index (χ3n) is 5.62. The van der Waals surface area contributed by atoms with Gasteiger partial charge in [0.1, 0.15) is 6.33 Å². The molecule has 0 spiro atoms. The molecule has 1 saturated heterocycles. The molecule has 12 heteroatoms. The van der Waals surface area contributed by atoms with Gasteiger partial charge in [0, 0.05) is 31.5 Å². The highest BCUT2D eigenvalue weighted by molar-refractivity contribution is 7.98. The molecule has 0 saturated carbocycles. The Morgan fingerprint density at radius 1 is 1.13 bits per heavy atom. The highest BCUT2D eigenvalue weighted by atomic mass is 32.2. The van der Waals surface area contributed by atoms with Crippen LogP contribution in [-0.2, 0) is 22.3 Å². The standard InChI is InChI=1S/C26H30N6O5S/c1-3-36-23-14-20(6-9-22(23)37-16-24(33)32-10-12-35-13-11-32)15-27-29-25(34)21-7-4-19(5-8-21)17-38-26-30-28-18-31(26)2/h4-9,14-15,18H,3,10-13,16-17H2,1-2H3,(H,29,34). The molecule has 1 aliphatic rings. The maximum absolute atomic E-state index is 12.5. The summed E-state index contributed by atoms with van der Waals surface area (Å²) < 4.78 is 18.6. The van der Waals surface area contributed by atoms with Crippen molar-refractivity contribution < 1.29 is 23.8 Å². The molecule has 0 aliphatic carbocycles. The van der Waals surface area contributed by atoms with Crippen molar-refractivity contribution in [2.45, 2.75) is 17.8 Å². The number of morpholine rings is 1. The summed E-state index contributed by atoms with van der Waals surface area (Å²) in [4.78, 5) is 26.6. The van der Waals surface area contributed by atoms with Crippen LogP contribution in [0.25, 0.3) is 0 Å². The van der Waals surface area contributed by atoms with E-state index in [0.717, 1.165) is 16.5 Å². The Labute approximate surface area is 225 Å². The lowest BCUT2D eigenvalue weighted by Gasteiger charge is -2.26. The van der Waals surface area contributed by atoms with E-state index in [0.29, 0.717) is 55.5 Å². The fraction of sp³-hybridized carbons (Fsp3) is 0.346. The minimum absolute atomic E-state index is 0.0821. The van der Waals surface area contributed by atoms with Gasteiger partial charge in [-0.1, -0.05) is 23.9 Å². The molecule has 38 heavy (non-hydrogen) atoms. The van der Waals surface area contributed by atoms with Gasteiger partial charge in [0.2, 0.25) is 0 Å². The second-order valence-corrected chi connectivity index (χ2v) is 9.27. The Hall–Kier alpha value is -3.90. The molecule has 200 valence electrons. The Kier molecular flexibility index (Phi) is 9.71. The summed E-state index contributed by atoms with van der Waals surface area (Å²) >= 11 is 1.57. The van der Waals surface area contributed by atoms with Crippen molar-refractivity contribution in [1.82, 2.24) is 25.1 Å². The zero-order valence-electron chi connectivity index (χ0n) is 21.3. The quantitative estimate of drug-likeness (QED) is 0.225. The normalized spacial score (nSPS) is 13.5. The smallest absolute Gasteiger partial charge is 0.271 e. The molecule has 1 aliphatic heterocycles. The van der Waals surface area contributed by atoms with Gasteiger partial charge in [0.15, 0.2) is 23.3 Å². The van der Waals surface area contributed by atoms with Crippen LogP contribution in [-0.4, -0.2) is 77.2 Å². The average Bonchev–Trinajstić information content (AvgIpc) is 3.36. The molecule has 11 nitrogen and oxygen atoms in total. The Morgan fingerprint density at radius 2 is 1.92 bits per heavy atom. The first-order chi connectivity index (χ1) is 18.5. The van der Waals surface area contributed by atoms with Crippen LogP contribution < -0.4 is 14.9 Å². The fourth-order valence-electron chi connectivity index (χ4n) is 3.57. The van der Waals surface area contributed by atoms with Gasteiger partial charge in [0.05, 0.1) is 26.0 Å². The second kappa shape index (κ2) is 13.6. The Balaban J connectivity index is 1.29. The first kappa shape index (κ1) is 27.1. The molecule has 1 N–H and O–H groups in total. The molecule has 2 heterocycles. The van der Waals surface area contributed by atoms with Gasteiger partial charge in [-0.3, -0.25) is 9.59 Å². The van der Waals surface area contributed by atoms with Crippen LogP contribution in [0.3, 0.4) is 0 Å². The largest absolute Gasteiger partial charge is 0.490 e. The lowest BCUT2D eigenvalue weighted by Crippen LogP contribution is -2.43. The number of hydrazone groups is 1. The summed E-state index contributed by atoms with van der Waals surface area (Å²) in [6.45, 7) is 4.41. The van der Waals surface area contributed by atoms with E-state index in [1.54, 1.807) is 53.3 Å². The van der Waals surface area contributed by atoms with Gasteiger partial charge < -0.3 is 23.7 Å². The van der Waals surface area contributed by atoms with E-state index >= 15 is 0 Å². The number of nitrogens with zero attached hydrogens (tertiary/aromatic N) is 5. The predicted octanol–water partition coefficient (Wildman–Crippen LogP) is 2.51. The molecule has 4 rings (SSSR count). The third kappa shape index (κ3) is 7.56. The van der Waals surface area contributed by atoms with Crippen LogP contribution in [0.4, 0.5) is 0 Å². The van der Waals surface area contributed by atoms with E-state index in [-0.39, 0.29) is 18.4 Å².